The molecule has 0 fully saturated rings. The number of para-hydroxylation sites is 2. The molecule has 0 saturated heterocycles. The van der Waals surface area contributed by atoms with E-state index in [4.69, 9.17) is 16.6 Å². The van der Waals surface area contributed by atoms with Gasteiger partial charge < -0.3 is 4.57 Å². The van der Waals surface area contributed by atoms with Crippen molar-refractivity contribution in [2.24, 2.45) is 0 Å². The van der Waals surface area contributed by atoms with E-state index in [-0.39, 0.29) is 0 Å². The Morgan fingerprint density at radius 1 is 0.400 bits per heavy atom. The molecule has 15 rings (SSSR count). The van der Waals surface area contributed by atoms with Crippen LogP contribution in [-0.4, -0.2) is 18.5 Å². The predicted octanol–water partition coefficient (Wildman–Crippen LogP) is 16.8. The largest absolute Gasteiger partial charge is 0.309 e. The second-order valence-electron chi connectivity index (χ2n) is 17.2. The summed E-state index contributed by atoms with van der Waals surface area (Å²) in [5.74, 6) is 0.818. The lowest BCUT2D eigenvalue weighted by Crippen LogP contribution is -2.07. The van der Waals surface area contributed by atoms with Crippen LogP contribution in [0.5, 0.6) is 0 Å². The fourth-order valence-corrected chi connectivity index (χ4v) is 12.5. The minimum Gasteiger partial charge on any atom is -0.309 e. The van der Waals surface area contributed by atoms with Crippen LogP contribution in [0.3, 0.4) is 0 Å². The van der Waals surface area contributed by atoms with Crippen LogP contribution in [0.2, 0.25) is 5.02 Å². The van der Waals surface area contributed by atoms with Crippen LogP contribution in [0.1, 0.15) is 0 Å². The first kappa shape index (κ1) is 35.5. The van der Waals surface area contributed by atoms with Gasteiger partial charge in [0.15, 0.2) is 0 Å². The normalized spacial score (nSPS) is 12.4. The van der Waals surface area contributed by atoms with Crippen LogP contribution in [0.4, 0.5) is 0 Å². The molecule has 0 bridgehead atoms. The summed E-state index contributed by atoms with van der Waals surface area (Å²) in [4.78, 5) is 5.55. The lowest BCUT2D eigenvalue weighted by Gasteiger charge is -2.19. The number of benzene rings is 10. The number of halogens is 1. The molecule has 0 radical (unpaired) electrons. The highest BCUT2D eigenvalue weighted by Crippen LogP contribution is 2.48. The number of fused-ring (bicyclic) bond motifs is 14. The number of thiophene rings is 1. The van der Waals surface area contributed by atoms with E-state index in [9.17, 15) is 0 Å². The number of rotatable bonds is 4. The number of nitrogens with zero attached hydrogens (tertiary/aromatic N) is 4. The van der Waals surface area contributed by atoms with Crippen molar-refractivity contribution in [2.45, 2.75) is 0 Å². The Labute approximate surface area is 380 Å². The fraction of sp³-hybridized carbons (Fsp3) is 0. The smallest absolute Gasteiger partial charge is 0.220 e. The number of imidazole rings is 1. The van der Waals surface area contributed by atoms with Crippen molar-refractivity contribution < 1.29 is 0 Å². The maximum atomic E-state index is 7.67. The third-order valence-corrected chi connectivity index (χ3v) is 15.3. The van der Waals surface area contributed by atoms with Gasteiger partial charge in [0, 0.05) is 47.4 Å². The Bertz CT molecular complexity index is 4350. The van der Waals surface area contributed by atoms with Gasteiger partial charge in [-0.3, -0.25) is 8.97 Å². The van der Waals surface area contributed by atoms with E-state index in [1.807, 2.05) is 11.3 Å². The number of hydrogen-bond donors (Lipinski definition) is 0. The molecule has 0 saturated carbocycles. The van der Waals surface area contributed by atoms with Gasteiger partial charge in [-0.2, -0.15) is 0 Å². The second kappa shape index (κ2) is 13.1. The van der Waals surface area contributed by atoms with E-state index in [0.717, 1.165) is 50.3 Å². The SMILES string of the molecule is Clc1cc(-n2c3ccccc3c3ccccc32)ccc1-n1c2ccc3c4cc(-c5ccccc5)c(-c5ccccc5)cc4c4ccc(c2c34)n2c3c(ccc4sc5ccccc5c43)nc12. The van der Waals surface area contributed by atoms with Crippen LogP contribution in [0.25, 0.3) is 136 Å². The molecule has 4 nitrogen and oxygen atoms in total. The van der Waals surface area contributed by atoms with Crippen molar-refractivity contribution in [1.82, 2.24) is 18.5 Å². The second-order valence-corrected chi connectivity index (χ2v) is 18.7. The summed E-state index contributed by atoms with van der Waals surface area (Å²) in [6.45, 7) is 0. The molecule has 15 aromatic rings. The lowest BCUT2D eigenvalue weighted by molar-refractivity contribution is 1.06. The maximum absolute atomic E-state index is 7.67. The standard InChI is InChI=1S/C59H33ClN4S/c60-46-31-36(62-48-20-10-7-17-37(48)38-18-8-11-21-49(38)62)23-27-50(46)63-51-28-24-39-44-32-42(34-13-3-1-4-14-34)43(35-15-5-2-6-16-35)33-45(44)40-25-29-52(57(51)55(39)40)64-58-47(61-59(63)64)26-30-54-56(58)41-19-9-12-22-53(41)65-54/h1-33H. The van der Waals surface area contributed by atoms with E-state index in [0.29, 0.717) is 5.02 Å². The van der Waals surface area contributed by atoms with E-state index >= 15 is 0 Å². The van der Waals surface area contributed by atoms with Gasteiger partial charge in [0.2, 0.25) is 5.78 Å². The molecule has 302 valence electrons. The third-order valence-electron chi connectivity index (χ3n) is 13.9. The van der Waals surface area contributed by atoms with Gasteiger partial charge in [0.05, 0.1) is 43.8 Å². The Balaban J connectivity index is 1.09. The van der Waals surface area contributed by atoms with Crippen molar-refractivity contribution in [3.05, 3.63) is 205 Å². The molecule has 65 heavy (non-hydrogen) atoms. The van der Waals surface area contributed by atoms with E-state index in [1.54, 1.807) is 0 Å². The number of hydrogen-bond acceptors (Lipinski definition) is 2. The molecule has 0 amide bonds. The van der Waals surface area contributed by atoms with Gasteiger partial charge >= 0.3 is 0 Å². The van der Waals surface area contributed by atoms with Gasteiger partial charge in [0.25, 0.3) is 0 Å². The first-order valence-corrected chi connectivity index (χ1v) is 23.2. The van der Waals surface area contributed by atoms with Crippen molar-refractivity contribution >= 4 is 125 Å². The van der Waals surface area contributed by atoms with Crippen molar-refractivity contribution in [3.63, 3.8) is 0 Å². The fourth-order valence-electron chi connectivity index (χ4n) is 11.1. The summed E-state index contributed by atoms with van der Waals surface area (Å²) >= 11 is 9.51. The van der Waals surface area contributed by atoms with Crippen LogP contribution in [0.15, 0.2) is 200 Å². The van der Waals surface area contributed by atoms with Gasteiger partial charge in [0.1, 0.15) is 0 Å². The topological polar surface area (TPSA) is 27.2 Å². The molecular formula is C59H33ClN4S. The molecule has 4 aromatic heterocycles. The summed E-state index contributed by atoms with van der Waals surface area (Å²) in [5.41, 5.74) is 13.2. The minimum atomic E-state index is 0.643. The molecule has 0 aliphatic carbocycles. The third kappa shape index (κ3) is 4.78. The number of aromatic nitrogens is 4. The maximum Gasteiger partial charge on any atom is 0.220 e. The Morgan fingerprint density at radius 3 is 1.66 bits per heavy atom. The van der Waals surface area contributed by atoms with Crippen LogP contribution in [-0.2, 0) is 0 Å². The molecule has 0 spiro atoms. The summed E-state index contributed by atoms with van der Waals surface area (Å²) in [6, 6.07) is 72.7. The molecule has 0 aliphatic rings. The molecule has 0 N–H and O–H groups in total. The van der Waals surface area contributed by atoms with Gasteiger partial charge in [-0.1, -0.05) is 139 Å². The summed E-state index contributed by atoms with van der Waals surface area (Å²) in [7, 11) is 0. The van der Waals surface area contributed by atoms with E-state index in [2.05, 4.69) is 214 Å². The minimum absolute atomic E-state index is 0.643. The average molecular weight is 865 g/mol. The quantitative estimate of drug-likeness (QED) is 0.173. The summed E-state index contributed by atoms with van der Waals surface area (Å²) in [6.07, 6.45) is 0. The molecule has 4 heterocycles. The zero-order valence-electron chi connectivity index (χ0n) is 34.6. The van der Waals surface area contributed by atoms with E-state index in [1.165, 1.54) is 85.5 Å². The van der Waals surface area contributed by atoms with Gasteiger partial charge in [-0.25, -0.2) is 4.98 Å². The highest BCUT2D eigenvalue weighted by Gasteiger charge is 2.26. The Morgan fingerprint density at radius 2 is 1.00 bits per heavy atom. The molecule has 0 aliphatic heterocycles. The van der Waals surface area contributed by atoms with Crippen LogP contribution in [0, 0.1) is 0 Å². The average Bonchev–Trinajstić information content (AvgIpc) is 4.11. The first-order valence-electron chi connectivity index (χ1n) is 22.0. The first-order chi connectivity index (χ1) is 32.2. The Kier molecular flexibility index (Phi) is 7.13. The van der Waals surface area contributed by atoms with Gasteiger partial charge in [-0.15, -0.1) is 11.3 Å². The van der Waals surface area contributed by atoms with Crippen LogP contribution >= 0.6 is 22.9 Å². The zero-order chi connectivity index (χ0) is 42.5. The van der Waals surface area contributed by atoms with Gasteiger partial charge in [-0.05, 0) is 117 Å². The predicted molar refractivity (Wildman–Crippen MR) is 276 cm³/mol. The molecule has 0 atom stereocenters. The van der Waals surface area contributed by atoms with Crippen LogP contribution < -0.4 is 0 Å². The van der Waals surface area contributed by atoms with Crippen molar-refractivity contribution in [1.29, 1.82) is 0 Å². The highest BCUT2D eigenvalue weighted by molar-refractivity contribution is 7.26. The summed E-state index contributed by atoms with van der Waals surface area (Å²) in [5, 5.41) is 12.9. The monoisotopic (exact) mass is 864 g/mol. The van der Waals surface area contributed by atoms with Crippen molar-refractivity contribution in [3.8, 4) is 33.6 Å². The lowest BCUT2D eigenvalue weighted by atomic mass is 9.92. The molecule has 6 heteroatoms. The Hall–Kier alpha value is -7.96. The zero-order valence-corrected chi connectivity index (χ0v) is 36.2. The van der Waals surface area contributed by atoms with E-state index < -0.39 is 0 Å². The highest BCUT2D eigenvalue weighted by atomic mass is 35.5. The summed E-state index contributed by atoms with van der Waals surface area (Å²) < 4.78 is 9.56. The van der Waals surface area contributed by atoms with Crippen molar-refractivity contribution in [2.75, 3.05) is 0 Å². The molecule has 0 unspecified atom stereocenters. The molecular weight excluding hydrogens is 832 g/mol. The molecule has 11 aromatic carbocycles.